The van der Waals surface area contributed by atoms with Crippen LogP contribution in [0.2, 0.25) is 0 Å². The maximum absolute atomic E-state index is 12.5. The first-order valence-corrected chi connectivity index (χ1v) is 7.47. The number of benzene rings is 2. The zero-order valence-corrected chi connectivity index (χ0v) is 12.6. The van der Waals surface area contributed by atoms with Crippen molar-refractivity contribution in [1.82, 2.24) is 4.90 Å². The van der Waals surface area contributed by atoms with Gasteiger partial charge in [0.25, 0.3) is 0 Å². The average Bonchev–Trinajstić information content (AvgIpc) is 2.92. The van der Waals surface area contributed by atoms with Crippen molar-refractivity contribution in [2.24, 2.45) is 5.41 Å². The number of carbonyl (C=O) groups is 2. The Hall–Kier alpha value is -2.36. The topological polar surface area (TPSA) is 57.6 Å². The van der Waals surface area contributed by atoms with Gasteiger partial charge < -0.3 is 10.0 Å². The molecule has 1 atom stereocenters. The lowest BCUT2D eigenvalue weighted by Crippen LogP contribution is -2.35. The smallest absolute Gasteiger partial charge is 0.311 e. The van der Waals surface area contributed by atoms with E-state index in [9.17, 15) is 14.7 Å². The molecule has 0 saturated carbocycles. The first-order chi connectivity index (χ1) is 10.5. The number of nitrogens with zero attached hydrogens (tertiary/aromatic N) is 1. The zero-order valence-electron chi connectivity index (χ0n) is 12.6. The zero-order chi connectivity index (χ0) is 15.7. The molecule has 0 bridgehead atoms. The SMILES string of the molecule is CC1(C(=O)O)CCN(C(=O)Cc2cccc3ccccc23)C1. The van der Waals surface area contributed by atoms with Crippen molar-refractivity contribution in [1.29, 1.82) is 0 Å². The fourth-order valence-electron chi connectivity index (χ4n) is 3.07. The standard InChI is InChI=1S/C18H19NO3/c1-18(17(21)22)9-10-19(12-18)16(20)11-14-7-4-6-13-5-2-3-8-15(13)14/h2-8H,9-12H2,1H3,(H,21,22). The number of carboxylic acids is 1. The van der Waals surface area contributed by atoms with E-state index in [0.717, 1.165) is 16.3 Å². The van der Waals surface area contributed by atoms with Gasteiger partial charge in [-0.2, -0.15) is 0 Å². The van der Waals surface area contributed by atoms with E-state index in [1.165, 1.54) is 0 Å². The van der Waals surface area contributed by atoms with Gasteiger partial charge in [-0.15, -0.1) is 0 Å². The molecule has 4 heteroatoms. The monoisotopic (exact) mass is 297 g/mol. The molecule has 1 aliphatic rings. The Balaban J connectivity index is 1.79. The van der Waals surface area contributed by atoms with Gasteiger partial charge in [-0.3, -0.25) is 9.59 Å². The number of aliphatic carboxylic acids is 1. The van der Waals surface area contributed by atoms with Gasteiger partial charge in [0.15, 0.2) is 0 Å². The molecule has 1 N–H and O–H groups in total. The van der Waals surface area contributed by atoms with Crippen LogP contribution in [0.1, 0.15) is 18.9 Å². The van der Waals surface area contributed by atoms with Crippen LogP contribution in [0.25, 0.3) is 10.8 Å². The summed E-state index contributed by atoms with van der Waals surface area (Å²) in [6, 6.07) is 13.9. The molecule has 1 heterocycles. The summed E-state index contributed by atoms with van der Waals surface area (Å²) >= 11 is 0. The predicted molar refractivity (Wildman–Crippen MR) is 84.6 cm³/mol. The van der Waals surface area contributed by atoms with Crippen LogP contribution in [0, 0.1) is 5.41 Å². The Morgan fingerprint density at radius 2 is 1.91 bits per heavy atom. The quantitative estimate of drug-likeness (QED) is 0.947. The number of hydrogen-bond acceptors (Lipinski definition) is 2. The molecule has 4 nitrogen and oxygen atoms in total. The third-order valence-electron chi connectivity index (χ3n) is 4.56. The first kappa shape index (κ1) is 14.6. The molecule has 0 aliphatic carbocycles. The second-order valence-corrected chi connectivity index (χ2v) is 6.25. The molecule has 2 aromatic carbocycles. The molecule has 2 aromatic rings. The van der Waals surface area contributed by atoms with Gasteiger partial charge in [0, 0.05) is 13.1 Å². The lowest BCUT2D eigenvalue weighted by Gasteiger charge is -2.20. The molecule has 22 heavy (non-hydrogen) atoms. The summed E-state index contributed by atoms with van der Waals surface area (Å²) in [5.41, 5.74) is 0.182. The number of fused-ring (bicyclic) bond motifs is 1. The van der Waals surface area contributed by atoms with Crippen LogP contribution in [0.3, 0.4) is 0 Å². The minimum absolute atomic E-state index is 0.00123. The third kappa shape index (κ3) is 2.56. The van der Waals surface area contributed by atoms with Crippen molar-refractivity contribution >= 4 is 22.6 Å². The average molecular weight is 297 g/mol. The molecular formula is C18H19NO3. The maximum Gasteiger partial charge on any atom is 0.311 e. The Kier molecular flexibility index (Phi) is 3.61. The van der Waals surface area contributed by atoms with Crippen LogP contribution in [-0.4, -0.2) is 35.0 Å². The van der Waals surface area contributed by atoms with E-state index in [-0.39, 0.29) is 5.91 Å². The van der Waals surface area contributed by atoms with E-state index in [1.54, 1.807) is 11.8 Å². The van der Waals surface area contributed by atoms with E-state index in [1.807, 2.05) is 42.5 Å². The number of likely N-dealkylation sites (tertiary alicyclic amines) is 1. The minimum atomic E-state index is -0.826. The number of carboxylic acid groups (broad SMARTS) is 1. The van der Waals surface area contributed by atoms with Crippen molar-refractivity contribution in [2.75, 3.05) is 13.1 Å². The molecule has 114 valence electrons. The highest BCUT2D eigenvalue weighted by Gasteiger charge is 2.41. The normalized spacial score (nSPS) is 21.2. The van der Waals surface area contributed by atoms with Gasteiger partial charge in [0.2, 0.25) is 5.91 Å². The molecule has 1 saturated heterocycles. The summed E-state index contributed by atoms with van der Waals surface area (Å²) in [6.07, 6.45) is 0.834. The van der Waals surface area contributed by atoms with E-state index in [2.05, 4.69) is 0 Å². The van der Waals surface area contributed by atoms with Crippen LogP contribution in [0.4, 0.5) is 0 Å². The van der Waals surface area contributed by atoms with E-state index in [0.29, 0.717) is 25.9 Å². The lowest BCUT2D eigenvalue weighted by molar-refractivity contribution is -0.147. The Morgan fingerprint density at radius 3 is 2.64 bits per heavy atom. The van der Waals surface area contributed by atoms with E-state index in [4.69, 9.17) is 0 Å². The molecule has 1 unspecified atom stereocenters. The molecule has 1 aliphatic heterocycles. The highest BCUT2D eigenvalue weighted by molar-refractivity contribution is 5.90. The fraction of sp³-hybridized carbons (Fsp3) is 0.333. The minimum Gasteiger partial charge on any atom is -0.481 e. The molecule has 1 fully saturated rings. The van der Waals surface area contributed by atoms with Crippen LogP contribution < -0.4 is 0 Å². The lowest BCUT2D eigenvalue weighted by atomic mass is 9.90. The number of rotatable bonds is 3. The van der Waals surface area contributed by atoms with Crippen LogP contribution in [-0.2, 0) is 16.0 Å². The summed E-state index contributed by atoms with van der Waals surface area (Å²) in [5, 5.41) is 11.5. The van der Waals surface area contributed by atoms with Crippen molar-refractivity contribution in [3.8, 4) is 0 Å². The van der Waals surface area contributed by atoms with Crippen LogP contribution in [0.5, 0.6) is 0 Å². The van der Waals surface area contributed by atoms with Gasteiger partial charge in [-0.1, -0.05) is 42.5 Å². The Bertz CT molecular complexity index is 735. The maximum atomic E-state index is 12.5. The molecule has 1 amide bonds. The van der Waals surface area contributed by atoms with Crippen molar-refractivity contribution in [3.63, 3.8) is 0 Å². The van der Waals surface area contributed by atoms with Crippen molar-refractivity contribution in [3.05, 3.63) is 48.0 Å². The molecular weight excluding hydrogens is 278 g/mol. The van der Waals surface area contributed by atoms with E-state index < -0.39 is 11.4 Å². The van der Waals surface area contributed by atoms with Gasteiger partial charge in [-0.25, -0.2) is 0 Å². The highest BCUT2D eigenvalue weighted by Crippen LogP contribution is 2.30. The van der Waals surface area contributed by atoms with Crippen LogP contribution in [0.15, 0.2) is 42.5 Å². The summed E-state index contributed by atoms with van der Waals surface area (Å²) in [6.45, 7) is 2.53. The van der Waals surface area contributed by atoms with E-state index >= 15 is 0 Å². The van der Waals surface area contributed by atoms with Gasteiger partial charge >= 0.3 is 5.97 Å². The van der Waals surface area contributed by atoms with Gasteiger partial charge in [0.1, 0.15) is 0 Å². The second-order valence-electron chi connectivity index (χ2n) is 6.25. The second kappa shape index (κ2) is 5.44. The first-order valence-electron chi connectivity index (χ1n) is 7.47. The molecule has 0 spiro atoms. The molecule has 0 radical (unpaired) electrons. The highest BCUT2D eigenvalue weighted by atomic mass is 16.4. The summed E-state index contributed by atoms with van der Waals surface area (Å²) in [7, 11) is 0. The summed E-state index contributed by atoms with van der Waals surface area (Å²) in [5.74, 6) is -0.825. The Labute approximate surface area is 129 Å². The predicted octanol–water partition coefficient (Wildman–Crippen LogP) is 2.71. The van der Waals surface area contributed by atoms with Crippen molar-refractivity contribution in [2.45, 2.75) is 19.8 Å². The number of carbonyl (C=O) groups excluding carboxylic acids is 1. The number of amides is 1. The van der Waals surface area contributed by atoms with Crippen LogP contribution >= 0.6 is 0 Å². The van der Waals surface area contributed by atoms with Gasteiger partial charge in [-0.05, 0) is 29.7 Å². The number of hydrogen-bond donors (Lipinski definition) is 1. The Morgan fingerprint density at radius 1 is 1.18 bits per heavy atom. The van der Waals surface area contributed by atoms with Gasteiger partial charge in [0.05, 0.1) is 11.8 Å². The third-order valence-corrected chi connectivity index (χ3v) is 4.56. The molecule has 0 aromatic heterocycles. The van der Waals surface area contributed by atoms with Crippen molar-refractivity contribution < 1.29 is 14.7 Å². The molecule has 3 rings (SSSR count). The largest absolute Gasteiger partial charge is 0.481 e. The summed E-state index contributed by atoms with van der Waals surface area (Å²) < 4.78 is 0. The fourth-order valence-corrected chi connectivity index (χ4v) is 3.07. The summed E-state index contributed by atoms with van der Waals surface area (Å²) in [4.78, 5) is 25.5.